The van der Waals surface area contributed by atoms with Gasteiger partial charge >= 0.3 is 5.97 Å². The van der Waals surface area contributed by atoms with Gasteiger partial charge in [0.15, 0.2) is 0 Å². The number of aliphatic carboxylic acids is 1. The van der Waals surface area contributed by atoms with Crippen molar-refractivity contribution in [3.8, 4) is 0 Å². The molecule has 0 radical (unpaired) electrons. The Kier molecular flexibility index (Phi) is 6.52. The van der Waals surface area contributed by atoms with E-state index >= 15 is 0 Å². The van der Waals surface area contributed by atoms with E-state index in [2.05, 4.69) is 26.1 Å². The standard InChI is InChI=1S/C11H23NO3/c1-5-12-9(10(13)14)8-15-7-6-11(2,3)4/h9,12H,5-8H2,1-4H3,(H,13,14)/t9-/m0/s1. The molecule has 0 saturated carbocycles. The number of carboxylic acid groups (broad SMARTS) is 1. The molecule has 90 valence electrons. The first-order valence-corrected chi connectivity index (χ1v) is 5.40. The van der Waals surface area contributed by atoms with Gasteiger partial charge in [-0.1, -0.05) is 27.7 Å². The minimum Gasteiger partial charge on any atom is -0.480 e. The van der Waals surface area contributed by atoms with Crippen molar-refractivity contribution in [1.82, 2.24) is 5.32 Å². The van der Waals surface area contributed by atoms with Crippen molar-refractivity contribution in [2.24, 2.45) is 5.41 Å². The van der Waals surface area contributed by atoms with E-state index in [0.29, 0.717) is 13.2 Å². The highest BCUT2D eigenvalue weighted by molar-refractivity contribution is 5.73. The highest BCUT2D eigenvalue weighted by Gasteiger charge is 2.16. The highest BCUT2D eigenvalue weighted by atomic mass is 16.5. The van der Waals surface area contributed by atoms with Gasteiger partial charge in [-0.25, -0.2) is 0 Å². The Morgan fingerprint density at radius 3 is 2.47 bits per heavy atom. The Balaban J connectivity index is 3.67. The molecular formula is C11H23NO3. The van der Waals surface area contributed by atoms with E-state index in [1.807, 2.05) is 6.92 Å². The van der Waals surface area contributed by atoms with E-state index in [1.54, 1.807) is 0 Å². The van der Waals surface area contributed by atoms with Gasteiger partial charge in [-0.3, -0.25) is 4.79 Å². The molecule has 2 N–H and O–H groups in total. The second kappa shape index (κ2) is 6.80. The molecule has 0 fully saturated rings. The Morgan fingerprint density at radius 2 is 2.07 bits per heavy atom. The molecule has 0 rings (SSSR count). The van der Waals surface area contributed by atoms with E-state index in [1.165, 1.54) is 0 Å². The lowest BCUT2D eigenvalue weighted by molar-refractivity contribution is -0.141. The molecule has 4 heteroatoms. The summed E-state index contributed by atoms with van der Waals surface area (Å²) in [4.78, 5) is 10.7. The molecular weight excluding hydrogens is 194 g/mol. The van der Waals surface area contributed by atoms with Gasteiger partial charge in [0.05, 0.1) is 6.61 Å². The molecule has 0 aliphatic rings. The van der Waals surface area contributed by atoms with Crippen LogP contribution in [0.1, 0.15) is 34.1 Å². The molecule has 0 aromatic carbocycles. The fourth-order valence-electron chi connectivity index (χ4n) is 1.04. The van der Waals surface area contributed by atoms with Gasteiger partial charge in [0, 0.05) is 6.61 Å². The highest BCUT2D eigenvalue weighted by Crippen LogP contribution is 2.17. The first kappa shape index (κ1) is 14.4. The van der Waals surface area contributed by atoms with Gasteiger partial charge in [0.2, 0.25) is 0 Å². The van der Waals surface area contributed by atoms with Gasteiger partial charge < -0.3 is 15.2 Å². The van der Waals surface area contributed by atoms with Crippen LogP contribution < -0.4 is 5.32 Å². The van der Waals surface area contributed by atoms with Crippen LogP contribution in [-0.4, -0.2) is 36.9 Å². The third kappa shape index (κ3) is 8.39. The monoisotopic (exact) mass is 217 g/mol. The van der Waals surface area contributed by atoms with E-state index in [9.17, 15) is 4.79 Å². The third-order valence-corrected chi connectivity index (χ3v) is 2.03. The maximum Gasteiger partial charge on any atom is 0.323 e. The number of nitrogens with one attached hydrogen (secondary N) is 1. The number of hydrogen-bond donors (Lipinski definition) is 2. The minimum absolute atomic E-state index is 0.233. The zero-order valence-electron chi connectivity index (χ0n) is 10.2. The van der Waals surface area contributed by atoms with E-state index in [-0.39, 0.29) is 12.0 Å². The van der Waals surface area contributed by atoms with Gasteiger partial charge in [-0.15, -0.1) is 0 Å². The van der Waals surface area contributed by atoms with Crippen LogP contribution in [0.5, 0.6) is 0 Å². The molecule has 0 aromatic rings. The summed E-state index contributed by atoms with van der Waals surface area (Å²) in [7, 11) is 0. The van der Waals surface area contributed by atoms with Crippen LogP contribution in [0.2, 0.25) is 0 Å². The summed E-state index contributed by atoms with van der Waals surface area (Å²) < 4.78 is 5.34. The van der Waals surface area contributed by atoms with Crippen LogP contribution in [0.4, 0.5) is 0 Å². The number of hydrogen-bond acceptors (Lipinski definition) is 3. The van der Waals surface area contributed by atoms with E-state index in [0.717, 1.165) is 6.42 Å². The van der Waals surface area contributed by atoms with Crippen molar-refractivity contribution in [3.05, 3.63) is 0 Å². The molecule has 0 amide bonds. The smallest absolute Gasteiger partial charge is 0.323 e. The molecule has 1 atom stereocenters. The van der Waals surface area contributed by atoms with E-state index in [4.69, 9.17) is 9.84 Å². The Hall–Kier alpha value is -0.610. The zero-order valence-corrected chi connectivity index (χ0v) is 10.2. The van der Waals surface area contributed by atoms with Crippen molar-refractivity contribution >= 4 is 5.97 Å². The lowest BCUT2D eigenvalue weighted by atomic mass is 9.93. The van der Waals surface area contributed by atoms with Crippen LogP contribution in [0, 0.1) is 5.41 Å². The third-order valence-electron chi connectivity index (χ3n) is 2.03. The Labute approximate surface area is 92.0 Å². The van der Waals surface area contributed by atoms with Gasteiger partial charge in [0.1, 0.15) is 6.04 Å². The summed E-state index contributed by atoms with van der Waals surface area (Å²) in [5, 5.41) is 11.7. The Bertz CT molecular complexity index is 187. The SMILES string of the molecule is CCN[C@@H](COCCC(C)(C)C)C(=O)O. The molecule has 4 nitrogen and oxygen atoms in total. The summed E-state index contributed by atoms with van der Waals surface area (Å²) >= 11 is 0. The quantitative estimate of drug-likeness (QED) is 0.634. The van der Waals surface area contributed by atoms with Gasteiger partial charge in [-0.05, 0) is 18.4 Å². The number of rotatable bonds is 7. The van der Waals surface area contributed by atoms with Crippen LogP contribution in [0.25, 0.3) is 0 Å². The van der Waals surface area contributed by atoms with Crippen molar-refractivity contribution in [3.63, 3.8) is 0 Å². The molecule has 0 bridgehead atoms. The van der Waals surface area contributed by atoms with Crippen LogP contribution in [-0.2, 0) is 9.53 Å². The second-order valence-corrected chi connectivity index (χ2v) is 4.83. The summed E-state index contributed by atoms with van der Waals surface area (Å²) in [5.74, 6) is -0.854. The molecule has 0 saturated heterocycles. The van der Waals surface area contributed by atoms with Crippen molar-refractivity contribution in [2.75, 3.05) is 19.8 Å². The molecule has 0 unspecified atom stereocenters. The topological polar surface area (TPSA) is 58.6 Å². The number of ether oxygens (including phenoxy) is 1. The average Bonchev–Trinajstić information content (AvgIpc) is 2.08. The summed E-state index contributed by atoms with van der Waals surface area (Å²) in [6.45, 7) is 9.77. The van der Waals surface area contributed by atoms with Crippen molar-refractivity contribution in [1.29, 1.82) is 0 Å². The first-order valence-electron chi connectivity index (χ1n) is 5.40. The first-order chi connectivity index (χ1) is 6.87. The summed E-state index contributed by atoms with van der Waals surface area (Å²) in [6, 6.07) is -0.588. The maximum absolute atomic E-state index is 10.7. The zero-order chi connectivity index (χ0) is 11.9. The van der Waals surface area contributed by atoms with Gasteiger partial charge in [0.25, 0.3) is 0 Å². The molecule has 0 aliphatic carbocycles. The lowest BCUT2D eigenvalue weighted by Gasteiger charge is -2.19. The van der Waals surface area contributed by atoms with Crippen LogP contribution in [0.15, 0.2) is 0 Å². The largest absolute Gasteiger partial charge is 0.480 e. The van der Waals surface area contributed by atoms with Crippen LogP contribution >= 0.6 is 0 Å². The number of carbonyl (C=O) groups is 1. The lowest BCUT2D eigenvalue weighted by Crippen LogP contribution is -2.40. The summed E-state index contributed by atoms with van der Waals surface area (Å²) in [6.07, 6.45) is 0.936. The molecule has 0 aromatic heterocycles. The second-order valence-electron chi connectivity index (χ2n) is 4.83. The number of carboxylic acids is 1. The van der Waals surface area contributed by atoms with Crippen LogP contribution in [0.3, 0.4) is 0 Å². The van der Waals surface area contributed by atoms with Crippen molar-refractivity contribution < 1.29 is 14.6 Å². The summed E-state index contributed by atoms with van der Waals surface area (Å²) in [5.41, 5.74) is 0.233. The normalized spacial score (nSPS) is 13.9. The number of likely N-dealkylation sites (N-methyl/N-ethyl adjacent to an activating group) is 1. The van der Waals surface area contributed by atoms with E-state index < -0.39 is 12.0 Å². The molecule has 0 aliphatic heterocycles. The predicted molar refractivity (Wildman–Crippen MR) is 60.0 cm³/mol. The maximum atomic E-state index is 10.7. The molecule has 0 heterocycles. The average molecular weight is 217 g/mol. The molecule has 15 heavy (non-hydrogen) atoms. The van der Waals surface area contributed by atoms with Gasteiger partial charge in [-0.2, -0.15) is 0 Å². The minimum atomic E-state index is -0.854. The fourth-order valence-corrected chi connectivity index (χ4v) is 1.04. The fraction of sp³-hybridized carbons (Fsp3) is 0.909. The van der Waals surface area contributed by atoms with Crippen molar-refractivity contribution in [2.45, 2.75) is 40.2 Å². The Morgan fingerprint density at radius 1 is 1.47 bits per heavy atom. The molecule has 0 spiro atoms. The predicted octanol–water partition coefficient (Wildman–Crippen LogP) is 1.50.